The smallest absolute Gasteiger partial charge is 0.398 e. The molecule has 0 spiro atoms. The van der Waals surface area contributed by atoms with Crippen LogP contribution in [-0.4, -0.2) is 28.3 Å². The summed E-state index contributed by atoms with van der Waals surface area (Å²) >= 11 is 0. The molecule has 0 bridgehead atoms. The molecule has 1 saturated heterocycles. The summed E-state index contributed by atoms with van der Waals surface area (Å²) in [5.41, 5.74) is 10.9. The molecule has 0 amide bonds. The summed E-state index contributed by atoms with van der Waals surface area (Å²) in [4.78, 5) is 8.08. The average Bonchev–Trinajstić information content (AvgIpc) is 2.41. The Morgan fingerprint density at radius 2 is 1.59 bits per heavy atom. The molecule has 1 fully saturated rings. The Bertz CT molecular complexity index is 434. The fraction of sp³-hybridized carbons (Fsp3) is 0.600. The highest BCUT2D eigenvalue weighted by atomic mass is 16.7. The van der Waals surface area contributed by atoms with Crippen LogP contribution in [0.4, 0.5) is 11.6 Å². The number of nitrogens with zero attached hydrogens (tertiary/aromatic N) is 2. The largest absolute Gasteiger partial charge is 0.516 e. The monoisotopic (exact) mass is 236 g/mol. The molecule has 0 aromatic carbocycles. The van der Waals surface area contributed by atoms with Crippen LogP contribution in [0.3, 0.4) is 0 Å². The van der Waals surface area contributed by atoms with Crippen LogP contribution in [-0.2, 0) is 9.31 Å². The van der Waals surface area contributed by atoms with Crippen molar-refractivity contribution >= 4 is 24.3 Å². The van der Waals surface area contributed by atoms with Gasteiger partial charge in [0.1, 0.15) is 0 Å². The fourth-order valence-electron chi connectivity index (χ4n) is 1.50. The van der Waals surface area contributed by atoms with Crippen LogP contribution >= 0.6 is 0 Å². The van der Waals surface area contributed by atoms with Crippen LogP contribution < -0.4 is 17.1 Å². The number of hydrogen-bond acceptors (Lipinski definition) is 6. The zero-order valence-electron chi connectivity index (χ0n) is 10.5. The van der Waals surface area contributed by atoms with Gasteiger partial charge in [-0.2, -0.15) is 0 Å². The lowest BCUT2D eigenvalue weighted by Crippen LogP contribution is -2.41. The quantitative estimate of drug-likeness (QED) is 0.663. The van der Waals surface area contributed by atoms with Crippen molar-refractivity contribution in [3.63, 3.8) is 0 Å². The van der Waals surface area contributed by atoms with Gasteiger partial charge in [-0.3, -0.25) is 0 Å². The second-order valence-corrected chi connectivity index (χ2v) is 5.15. The lowest BCUT2D eigenvalue weighted by molar-refractivity contribution is 0.00578. The van der Waals surface area contributed by atoms with Gasteiger partial charge >= 0.3 is 7.12 Å². The van der Waals surface area contributed by atoms with E-state index in [1.807, 2.05) is 27.7 Å². The summed E-state index contributed by atoms with van der Waals surface area (Å²) in [6, 6.07) is 0. The van der Waals surface area contributed by atoms with Gasteiger partial charge in [-0.1, -0.05) is 0 Å². The minimum atomic E-state index is -0.560. The molecule has 1 aromatic rings. The maximum Gasteiger partial charge on any atom is 0.516 e. The van der Waals surface area contributed by atoms with Gasteiger partial charge < -0.3 is 20.8 Å². The summed E-state index contributed by atoms with van der Waals surface area (Å²) in [6.45, 7) is 7.89. The number of rotatable bonds is 1. The first-order chi connectivity index (χ1) is 7.73. The predicted molar refractivity (Wildman–Crippen MR) is 66.6 cm³/mol. The van der Waals surface area contributed by atoms with Gasteiger partial charge in [0.2, 0.25) is 0 Å². The molecule has 2 heterocycles. The molecule has 6 nitrogen and oxygen atoms in total. The zero-order chi connectivity index (χ0) is 12.8. The molecule has 1 aliphatic rings. The SMILES string of the molecule is CC1(C)OB(c2cnc(N)c(N)n2)OC1(C)C. The molecule has 4 N–H and O–H groups in total. The van der Waals surface area contributed by atoms with Gasteiger partial charge in [0.25, 0.3) is 0 Å². The average molecular weight is 236 g/mol. The van der Waals surface area contributed by atoms with Crippen molar-refractivity contribution in [1.29, 1.82) is 0 Å². The van der Waals surface area contributed by atoms with Crippen molar-refractivity contribution in [3.05, 3.63) is 6.20 Å². The lowest BCUT2D eigenvalue weighted by Gasteiger charge is -2.32. The normalized spacial score (nSPS) is 21.8. The molecule has 1 aliphatic heterocycles. The van der Waals surface area contributed by atoms with E-state index < -0.39 is 18.3 Å². The van der Waals surface area contributed by atoms with Crippen molar-refractivity contribution in [2.24, 2.45) is 0 Å². The van der Waals surface area contributed by atoms with Gasteiger partial charge in [0, 0.05) is 6.20 Å². The lowest BCUT2D eigenvalue weighted by atomic mass is 9.85. The molecule has 0 radical (unpaired) electrons. The molecule has 7 heteroatoms. The van der Waals surface area contributed by atoms with Gasteiger partial charge in [-0.15, -0.1) is 0 Å². The van der Waals surface area contributed by atoms with E-state index in [0.717, 1.165) is 0 Å². The first-order valence-corrected chi connectivity index (χ1v) is 5.46. The van der Waals surface area contributed by atoms with E-state index in [-0.39, 0.29) is 11.6 Å². The summed E-state index contributed by atoms with van der Waals surface area (Å²) in [7, 11) is -0.560. The molecule has 0 unspecified atom stereocenters. The first-order valence-electron chi connectivity index (χ1n) is 5.46. The third-order valence-corrected chi connectivity index (χ3v) is 3.34. The summed E-state index contributed by atoms with van der Waals surface area (Å²) in [5.74, 6) is 0.405. The molecule has 0 saturated carbocycles. The Balaban J connectivity index is 2.29. The highest BCUT2D eigenvalue weighted by Gasteiger charge is 2.52. The van der Waals surface area contributed by atoms with Crippen LogP contribution in [0.5, 0.6) is 0 Å². The Morgan fingerprint density at radius 1 is 1.06 bits per heavy atom. The van der Waals surface area contributed by atoms with E-state index in [0.29, 0.717) is 5.59 Å². The minimum Gasteiger partial charge on any atom is -0.398 e. The second-order valence-electron chi connectivity index (χ2n) is 5.15. The van der Waals surface area contributed by atoms with E-state index in [4.69, 9.17) is 20.8 Å². The molecular weight excluding hydrogens is 219 g/mol. The van der Waals surface area contributed by atoms with Crippen LogP contribution in [0.1, 0.15) is 27.7 Å². The van der Waals surface area contributed by atoms with E-state index in [9.17, 15) is 0 Å². The molecule has 1 aromatic heterocycles. The Kier molecular flexibility index (Phi) is 2.55. The van der Waals surface area contributed by atoms with Gasteiger partial charge in [-0.25, -0.2) is 9.97 Å². The van der Waals surface area contributed by atoms with Crippen LogP contribution in [0.2, 0.25) is 0 Å². The second kappa shape index (κ2) is 3.58. The number of anilines is 2. The van der Waals surface area contributed by atoms with Gasteiger partial charge in [-0.05, 0) is 27.7 Å². The number of aromatic nitrogens is 2. The Labute approximate surface area is 101 Å². The van der Waals surface area contributed by atoms with Crippen LogP contribution in [0, 0.1) is 0 Å². The van der Waals surface area contributed by atoms with E-state index in [1.54, 1.807) is 0 Å². The molecule has 17 heavy (non-hydrogen) atoms. The maximum atomic E-state index is 5.82. The van der Waals surface area contributed by atoms with Gasteiger partial charge in [0.05, 0.1) is 16.8 Å². The molecule has 0 atom stereocenters. The number of nitrogens with two attached hydrogens (primary N) is 2. The van der Waals surface area contributed by atoms with Crippen molar-refractivity contribution in [2.45, 2.75) is 38.9 Å². The highest BCUT2D eigenvalue weighted by Crippen LogP contribution is 2.36. The van der Waals surface area contributed by atoms with Crippen LogP contribution in [0.25, 0.3) is 0 Å². The molecule has 0 aliphatic carbocycles. The van der Waals surface area contributed by atoms with Crippen LogP contribution in [0.15, 0.2) is 6.20 Å². The third-order valence-electron chi connectivity index (χ3n) is 3.34. The van der Waals surface area contributed by atoms with E-state index >= 15 is 0 Å². The van der Waals surface area contributed by atoms with E-state index in [2.05, 4.69) is 9.97 Å². The summed E-state index contributed by atoms with van der Waals surface area (Å²) in [5, 5.41) is 0. The van der Waals surface area contributed by atoms with Gasteiger partial charge in [0.15, 0.2) is 11.6 Å². The number of nitrogen functional groups attached to an aromatic ring is 2. The zero-order valence-corrected chi connectivity index (χ0v) is 10.5. The Hall–Kier alpha value is -1.34. The maximum absolute atomic E-state index is 5.82. The van der Waals surface area contributed by atoms with E-state index in [1.165, 1.54) is 6.20 Å². The third kappa shape index (κ3) is 1.96. The molecule has 2 rings (SSSR count). The fourth-order valence-corrected chi connectivity index (χ4v) is 1.50. The molecular formula is C10H17BN4O2. The predicted octanol–water partition coefficient (Wildman–Crippen LogP) is -0.0598. The number of hydrogen-bond donors (Lipinski definition) is 2. The van der Waals surface area contributed by atoms with Crippen molar-refractivity contribution in [3.8, 4) is 0 Å². The van der Waals surface area contributed by atoms with Crippen molar-refractivity contribution in [2.75, 3.05) is 11.5 Å². The highest BCUT2D eigenvalue weighted by molar-refractivity contribution is 6.61. The topological polar surface area (TPSA) is 96.3 Å². The minimum absolute atomic E-state index is 0.192. The summed E-state index contributed by atoms with van der Waals surface area (Å²) < 4.78 is 11.6. The summed E-state index contributed by atoms with van der Waals surface area (Å²) in [6.07, 6.45) is 1.52. The van der Waals surface area contributed by atoms with Crippen molar-refractivity contribution in [1.82, 2.24) is 9.97 Å². The Morgan fingerprint density at radius 3 is 2.06 bits per heavy atom. The molecule has 92 valence electrons. The van der Waals surface area contributed by atoms with Crippen molar-refractivity contribution < 1.29 is 9.31 Å². The first kappa shape index (κ1) is 12.1. The standard InChI is InChI=1S/C10H17BN4O2/c1-9(2)10(3,4)17-11(16-9)6-5-14-7(12)8(13)15-6/h5H,1-4H3,(H2,12,14)(H2,13,15).